The van der Waals surface area contributed by atoms with Crippen LogP contribution in [-0.4, -0.2) is 47.9 Å². The van der Waals surface area contributed by atoms with Crippen molar-refractivity contribution in [1.29, 1.82) is 0 Å². The zero-order valence-electron chi connectivity index (χ0n) is 15.1. The van der Waals surface area contributed by atoms with Crippen LogP contribution >= 0.6 is 0 Å². The highest BCUT2D eigenvalue weighted by atomic mass is 16.5. The molecule has 26 heavy (non-hydrogen) atoms. The second kappa shape index (κ2) is 9.31. The van der Waals surface area contributed by atoms with Gasteiger partial charge in [0.25, 0.3) is 0 Å². The predicted octanol–water partition coefficient (Wildman–Crippen LogP) is 2.12. The first kappa shape index (κ1) is 19.9. The normalized spacial score (nSPS) is 13.2. The Morgan fingerprint density at radius 3 is 1.42 bits per heavy atom. The first-order valence-corrected chi connectivity index (χ1v) is 8.45. The average Bonchev–Trinajstić information content (AvgIpc) is 2.66. The van der Waals surface area contributed by atoms with Crippen molar-refractivity contribution in [3.8, 4) is 23.0 Å². The van der Waals surface area contributed by atoms with E-state index in [2.05, 4.69) is 0 Å². The van der Waals surface area contributed by atoms with E-state index in [1.165, 1.54) is 14.2 Å². The van der Waals surface area contributed by atoms with Gasteiger partial charge in [0.2, 0.25) is 0 Å². The number of ether oxygens (including phenoxy) is 2. The second-order valence-electron chi connectivity index (χ2n) is 6.31. The maximum atomic E-state index is 9.84. The molecule has 0 spiro atoms. The molecule has 0 aromatic heterocycles. The van der Waals surface area contributed by atoms with Gasteiger partial charge in [0.15, 0.2) is 23.0 Å². The summed E-state index contributed by atoms with van der Waals surface area (Å²) in [5.74, 6) is 0.535. The standard InChI is InChI=1S/C20H26O6/c1-25-19-9-13(3-5-17(19)23)7-15(11-21)16(12-22)8-14-4-6-18(24)20(10-14)26-2/h3-6,9-10,15-16,21-24H,7-8,11-12H2,1-2H3/t15-,16+/i11+1,12+1,15+1/m0/s1. The number of aliphatic hydroxyl groups is 2. The molecule has 0 aliphatic heterocycles. The summed E-state index contributed by atoms with van der Waals surface area (Å²) < 4.78 is 10.2. The van der Waals surface area contributed by atoms with Gasteiger partial charge in [-0.3, -0.25) is 0 Å². The lowest BCUT2D eigenvalue weighted by atomic mass is 10.0. The molecule has 0 aliphatic carbocycles. The molecule has 0 saturated carbocycles. The van der Waals surface area contributed by atoms with Crippen LogP contribution in [-0.2, 0) is 12.8 Å². The number of hydrogen-bond acceptors (Lipinski definition) is 6. The largest absolute Gasteiger partial charge is 0.504 e. The Labute approximate surface area is 153 Å². The summed E-state index contributed by atoms with van der Waals surface area (Å²) in [6.45, 7) is -0.159. The average molecular weight is 365 g/mol. The Kier molecular flexibility index (Phi) is 7.12. The van der Waals surface area contributed by atoms with Crippen LogP contribution in [0.2, 0.25) is 0 Å². The van der Waals surface area contributed by atoms with Gasteiger partial charge in [0.1, 0.15) is 0 Å². The molecule has 0 heterocycles. The lowest BCUT2D eigenvalue weighted by Gasteiger charge is -2.24. The molecule has 6 nitrogen and oxygen atoms in total. The van der Waals surface area contributed by atoms with Crippen molar-refractivity contribution in [3.05, 3.63) is 47.5 Å². The summed E-state index contributed by atoms with van der Waals surface area (Å²) in [6, 6.07) is 10.1. The number of hydrogen-bond donors (Lipinski definition) is 4. The molecule has 0 saturated heterocycles. The molecule has 2 aromatic carbocycles. The first-order chi connectivity index (χ1) is 12.5. The summed E-state index contributed by atoms with van der Waals surface area (Å²) in [5, 5.41) is 39.1. The van der Waals surface area contributed by atoms with Crippen molar-refractivity contribution in [2.24, 2.45) is 11.8 Å². The van der Waals surface area contributed by atoms with Crippen LogP contribution in [0, 0.1) is 11.8 Å². The van der Waals surface area contributed by atoms with Gasteiger partial charge in [-0.2, -0.15) is 0 Å². The molecule has 2 aromatic rings. The van der Waals surface area contributed by atoms with E-state index in [4.69, 9.17) is 9.47 Å². The first-order valence-electron chi connectivity index (χ1n) is 8.45. The fraction of sp³-hybridized carbons (Fsp3) is 0.400. The minimum absolute atomic E-state index is 0.0618. The number of phenols is 2. The SMILES string of the molecule is COc1cc(C[C@H]([13CH2]O)[13C@@H](Cc2ccc(O)c(OC)c2)[13CH2]O)ccc1O. The van der Waals surface area contributed by atoms with E-state index in [0.29, 0.717) is 24.3 Å². The summed E-state index contributed by atoms with van der Waals surface area (Å²) in [7, 11) is 2.97. The van der Waals surface area contributed by atoms with Gasteiger partial charge in [0.05, 0.1) is 14.2 Å². The Balaban J connectivity index is 2.15. The summed E-state index contributed by atoms with van der Waals surface area (Å²) >= 11 is 0. The quantitative estimate of drug-likeness (QED) is 0.508. The molecule has 2 atom stereocenters. The van der Waals surface area contributed by atoms with Crippen LogP contribution in [0.4, 0.5) is 0 Å². The maximum Gasteiger partial charge on any atom is 0.160 e. The summed E-state index contributed by atoms with van der Waals surface area (Å²) in [4.78, 5) is 0. The molecule has 0 aliphatic rings. The highest BCUT2D eigenvalue weighted by molar-refractivity contribution is 5.43. The Hall–Kier alpha value is -2.44. The molecule has 142 valence electrons. The number of benzene rings is 2. The molecule has 0 radical (unpaired) electrons. The van der Waals surface area contributed by atoms with Gasteiger partial charge in [-0.25, -0.2) is 0 Å². The van der Waals surface area contributed by atoms with Crippen LogP contribution in [0.25, 0.3) is 0 Å². The van der Waals surface area contributed by atoms with Crippen LogP contribution in [0.1, 0.15) is 11.1 Å². The molecule has 4 N–H and O–H groups in total. The molecular weight excluding hydrogens is 339 g/mol. The zero-order chi connectivity index (χ0) is 19.1. The number of rotatable bonds is 9. The van der Waals surface area contributed by atoms with Gasteiger partial charge >= 0.3 is 0 Å². The van der Waals surface area contributed by atoms with Gasteiger partial charge in [-0.15, -0.1) is 0 Å². The maximum absolute atomic E-state index is 9.84. The number of methoxy groups -OCH3 is 2. The van der Waals surface area contributed by atoms with E-state index in [-0.39, 0.29) is 36.5 Å². The lowest BCUT2D eigenvalue weighted by Crippen LogP contribution is -2.26. The van der Waals surface area contributed by atoms with Crippen molar-refractivity contribution < 1.29 is 29.9 Å². The molecule has 6 heteroatoms. The van der Waals surface area contributed by atoms with Gasteiger partial charge in [-0.05, 0) is 60.1 Å². The fourth-order valence-corrected chi connectivity index (χ4v) is 3.06. The molecule has 0 bridgehead atoms. The van der Waals surface area contributed by atoms with Crippen LogP contribution in [0.15, 0.2) is 36.4 Å². The number of phenolic OH excluding ortho intramolecular Hbond substituents is 2. The van der Waals surface area contributed by atoms with Crippen LogP contribution in [0.3, 0.4) is 0 Å². The predicted molar refractivity (Wildman–Crippen MR) is 97.9 cm³/mol. The zero-order valence-corrected chi connectivity index (χ0v) is 15.1. The van der Waals surface area contributed by atoms with Crippen LogP contribution < -0.4 is 9.47 Å². The van der Waals surface area contributed by atoms with Crippen molar-refractivity contribution >= 4 is 0 Å². The third kappa shape index (κ3) is 4.80. The number of aliphatic hydroxyl groups excluding tert-OH is 2. The van der Waals surface area contributed by atoms with Crippen molar-refractivity contribution in [2.75, 3.05) is 27.4 Å². The van der Waals surface area contributed by atoms with E-state index in [1.54, 1.807) is 36.4 Å². The van der Waals surface area contributed by atoms with Crippen LogP contribution in [0.5, 0.6) is 23.0 Å². The highest BCUT2D eigenvalue weighted by Gasteiger charge is 2.22. The van der Waals surface area contributed by atoms with E-state index >= 15 is 0 Å². The summed E-state index contributed by atoms with van der Waals surface area (Å²) in [5.41, 5.74) is 1.81. The molecule has 0 amide bonds. The molecular formula is C20H26O6. The van der Waals surface area contributed by atoms with Crippen molar-refractivity contribution in [2.45, 2.75) is 12.8 Å². The molecule has 0 fully saturated rings. The molecule has 2 rings (SSSR count). The lowest BCUT2D eigenvalue weighted by molar-refractivity contribution is 0.119. The minimum Gasteiger partial charge on any atom is -0.504 e. The third-order valence-corrected chi connectivity index (χ3v) is 4.62. The second-order valence-corrected chi connectivity index (χ2v) is 6.31. The fourth-order valence-electron chi connectivity index (χ4n) is 3.06. The van der Waals surface area contributed by atoms with E-state index < -0.39 is 0 Å². The van der Waals surface area contributed by atoms with E-state index in [9.17, 15) is 20.4 Å². The monoisotopic (exact) mass is 365 g/mol. The Morgan fingerprint density at radius 1 is 0.731 bits per heavy atom. The third-order valence-electron chi connectivity index (χ3n) is 4.62. The Bertz CT molecular complexity index is 654. The number of aromatic hydroxyl groups is 2. The topological polar surface area (TPSA) is 99.4 Å². The molecule has 0 unspecified atom stereocenters. The smallest absolute Gasteiger partial charge is 0.160 e. The minimum atomic E-state index is -0.172. The van der Waals surface area contributed by atoms with Gasteiger partial charge in [-0.1, -0.05) is 12.1 Å². The van der Waals surface area contributed by atoms with E-state index in [0.717, 1.165) is 11.1 Å². The Morgan fingerprint density at radius 2 is 1.12 bits per heavy atom. The van der Waals surface area contributed by atoms with E-state index in [1.807, 2.05) is 0 Å². The summed E-state index contributed by atoms with van der Waals surface area (Å²) in [6.07, 6.45) is 1.07. The van der Waals surface area contributed by atoms with Gasteiger partial charge in [0, 0.05) is 13.2 Å². The van der Waals surface area contributed by atoms with Gasteiger partial charge < -0.3 is 29.9 Å². The van der Waals surface area contributed by atoms with Crippen molar-refractivity contribution in [3.63, 3.8) is 0 Å². The van der Waals surface area contributed by atoms with Crippen molar-refractivity contribution in [1.82, 2.24) is 0 Å². The highest BCUT2D eigenvalue weighted by Crippen LogP contribution is 2.31.